The van der Waals surface area contributed by atoms with E-state index < -0.39 is 0 Å². The molecule has 1 aromatic heterocycles. The number of hydrogen-bond donors (Lipinski definition) is 1. The van der Waals surface area contributed by atoms with Crippen LogP contribution in [0.4, 0.5) is 10.6 Å². The highest BCUT2D eigenvalue weighted by molar-refractivity contribution is 6.29. The number of piperidine rings is 1. The van der Waals surface area contributed by atoms with Crippen LogP contribution in [0.2, 0.25) is 5.15 Å². The number of likely N-dealkylation sites (tertiary alicyclic amines) is 1. The molecule has 0 aromatic carbocycles. The molecule has 21 heavy (non-hydrogen) atoms. The van der Waals surface area contributed by atoms with E-state index in [1.807, 2.05) is 0 Å². The molecule has 7 nitrogen and oxygen atoms in total. The van der Waals surface area contributed by atoms with Gasteiger partial charge in [-0.25, -0.2) is 14.8 Å². The summed E-state index contributed by atoms with van der Waals surface area (Å²) in [5.74, 6) is 0.175. The standard InChI is InChI=1S/C13H18ClN5O2/c1-18(2)13(21)19-5-3-9(4-6-19)12(20)17-11-8-15-10(14)7-16-11/h7-9H,3-6H2,1-2H3,(H,16,17,20). The van der Waals surface area contributed by atoms with Crippen LogP contribution in [0.25, 0.3) is 0 Å². The van der Waals surface area contributed by atoms with Gasteiger partial charge >= 0.3 is 6.03 Å². The Kier molecular flexibility index (Phi) is 4.95. The van der Waals surface area contributed by atoms with Crippen molar-refractivity contribution in [1.82, 2.24) is 19.8 Å². The Balaban J connectivity index is 1.86. The topological polar surface area (TPSA) is 78.4 Å². The Bertz CT molecular complexity index is 512. The maximum atomic E-state index is 12.1. The molecule has 0 aliphatic carbocycles. The molecule has 2 heterocycles. The third-order valence-electron chi connectivity index (χ3n) is 3.39. The minimum atomic E-state index is -0.117. The van der Waals surface area contributed by atoms with Crippen LogP contribution in [0, 0.1) is 5.92 Å². The highest BCUT2D eigenvalue weighted by Crippen LogP contribution is 2.19. The van der Waals surface area contributed by atoms with Gasteiger partial charge in [-0.1, -0.05) is 11.6 Å². The van der Waals surface area contributed by atoms with Crippen molar-refractivity contribution in [2.45, 2.75) is 12.8 Å². The van der Waals surface area contributed by atoms with Crippen LogP contribution in [0.5, 0.6) is 0 Å². The van der Waals surface area contributed by atoms with E-state index in [1.165, 1.54) is 12.4 Å². The SMILES string of the molecule is CN(C)C(=O)N1CCC(C(=O)Nc2cnc(Cl)cn2)CC1. The monoisotopic (exact) mass is 311 g/mol. The summed E-state index contributed by atoms with van der Waals surface area (Å²) in [4.78, 5) is 35.1. The van der Waals surface area contributed by atoms with Gasteiger partial charge in [-0.3, -0.25) is 4.79 Å². The van der Waals surface area contributed by atoms with Crippen LogP contribution in [0.15, 0.2) is 12.4 Å². The molecule has 0 unspecified atom stereocenters. The van der Waals surface area contributed by atoms with E-state index in [-0.39, 0.29) is 23.0 Å². The normalized spacial score (nSPS) is 15.7. The zero-order chi connectivity index (χ0) is 15.4. The van der Waals surface area contributed by atoms with Gasteiger partial charge in [0.25, 0.3) is 0 Å². The summed E-state index contributed by atoms with van der Waals surface area (Å²) in [6, 6.07) is -0.0163. The molecule has 1 aromatic rings. The summed E-state index contributed by atoms with van der Waals surface area (Å²) in [6.07, 6.45) is 4.10. The molecule has 2 rings (SSSR count). The Morgan fingerprint density at radius 2 is 1.95 bits per heavy atom. The van der Waals surface area contributed by atoms with Gasteiger partial charge in [0, 0.05) is 33.1 Å². The largest absolute Gasteiger partial charge is 0.331 e. The molecule has 1 fully saturated rings. The third-order valence-corrected chi connectivity index (χ3v) is 3.59. The highest BCUT2D eigenvalue weighted by Gasteiger charge is 2.28. The Morgan fingerprint density at radius 3 is 2.48 bits per heavy atom. The minimum absolute atomic E-state index is 0.0163. The Hall–Kier alpha value is -1.89. The number of rotatable bonds is 2. The van der Waals surface area contributed by atoms with Gasteiger partial charge in [0.05, 0.1) is 12.4 Å². The summed E-state index contributed by atoms with van der Waals surface area (Å²) in [5, 5.41) is 3.00. The van der Waals surface area contributed by atoms with E-state index in [0.29, 0.717) is 31.7 Å². The van der Waals surface area contributed by atoms with Crippen molar-refractivity contribution in [2.75, 3.05) is 32.5 Å². The first kappa shape index (κ1) is 15.5. The number of hydrogen-bond acceptors (Lipinski definition) is 4. The predicted octanol–water partition coefficient (Wildman–Crippen LogP) is 1.46. The summed E-state index contributed by atoms with van der Waals surface area (Å²) < 4.78 is 0. The fourth-order valence-corrected chi connectivity index (χ4v) is 2.32. The van der Waals surface area contributed by atoms with Crippen molar-refractivity contribution in [1.29, 1.82) is 0 Å². The summed E-state index contributed by atoms with van der Waals surface area (Å²) in [7, 11) is 3.45. The smallest absolute Gasteiger partial charge is 0.319 e. The minimum Gasteiger partial charge on any atom is -0.331 e. The van der Waals surface area contributed by atoms with Crippen LogP contribution in [-0.2, 0) is 4.79 Å². The molecule has 0 bridgehead atoms. The molecular weight excluding hydrogens is 294 g/mol. The van der Waals surface area contributed by atoms with Crippen molar-refractivity contribution in [2.24, 2.45) is 5.92 Å². The zero-order valence-electron chi connectivity index (χ0n) is 12.0. The van der Waals surface area contributed by atoms with Crippen molar-refractivity contribution in [3.05, 3.63) is 17.5 Å². The number of carbonyl (C=O) groups is 2. The number of halogens is 1. The molecule has 8 heteroatoms. The number of aromatic nitrogens is 2. The number of amides is 3. The predicted molar refractivity (Wildman–Crippen MR) is 79.1 cm³/mol. The van der Waals surface area contributed by atoms with E-state index in [9.17, 15) is 9.59 Å². The molecule has 0 radical (unpaired) electrons. The summed E-state index contributed by atoms with van der Waals surface area (Å²) in [6.45, 7) is 1.17. The van der Waals surface area contributed by atoms with E-state index >= 15 is 0 Å². The number of nitrogens with zero attached hydrogens (tertiary/aromatic N) is 4. The average Bonchev–Trinajstić information content (AvgIpc) is 2.49. The summed E-state index contributed by atoms with van der Waals surface area (Å²) in [5.41, 5.74) is 0. The van der Waals surface area contributed by atoms with E-state index in [2.05, 4.69) is 15.3 Å². The Labute approximate surface area is 128 Å². The fraction of sp³-hybridized carbons (Fsp3) is 0.538. The van der Waals surface area contributed by atoms with Crippen molar-refractivity contribution in [3.8, 4) is 0 Å². The zero-order valence-corrected chi connectivity index (χ0v) is 12.8. The quantitative estimate of drug-likeness (QED) is 0.897. The van der Waals surface area contributed by atoms with Crippen molar-refractivity contribution < 1.29 is 9.59 Å². The second-order valence-electron chi connectivity index (χ2n) is 5.15. The highest BCUT2D eigenvalue weighted by atomic mass is 35.5. The number of urea groups is 1. The van der Waals surface area contributed by atoms with Gasteiger partial charge in [0.2, 0.25) is 5.91 Å². The van der Waals surface area contributed by atoms with E-state index in [4.69, 9.17) is 11.6 Å². The first-order valence-electron chi connectivity index (χ1n) is 6.72. The lowest BCUT2D eigenvalue weighted by atomic mass is 9.96. The molecule has 1 saturated heterocycles. The van der Waals surface area contributed by atoms with E-state index in [0.717, 1.165) is 0 Å². The van der Waals surface area contributed by atoms with Crippen LogP contribution in [0.3, 0.4) is 0 Å². The average molecular weight is 312 g/mol. The van der Waals surface area contributed by atoms with Gasteiger partial charge in [-0.2, -0.15) is 0 Å². The maximum absolute atomic E-state index is 12.1. The van der Waals surface area contributed by atoms with Gasteiger partial charge < -0.3 is 15.1 Å². The molecule has 1 aliphatic rings. The lowest BCUT2D eigenvalue weighted by Crippen LogP contribution is -2.45. The second kappa shape index (κ2) is 6.71. The maximum Gasteiger partial charge on any atom is 0.319 e. The number of nitrogens with one attached hydrogen (secondary N) is 1. The van der Waals surface area contributed by atoms with Crippen molar-refractivity contribution in [3.63, 3.8) is 0 Å². The molecule has 0 saturated carbocycles. The fourth-order valence-electron chi connectivity index (χ4n) is 2.22. The lowest BCUT2D eigenvalue weighted by Gasteiger charge is -2.32. The first-order valence-corrected chi connectivity index (χ1v) is 7.10. The van der Waals surface area contributed by atoms with Crippen LogP contribution < -0.4 is 5.32 Å². The van der Waals surface area contributed by atoms with Gasteiger partial charge in [0.1, 0.15) is 5.15 Å². The van der Waals surface area contributed by atoms with Gasteiger partial charge in [-0.15, -0.1) is 0 Å². The molecule has 114 valence electrons. The lowest BCUT2D eigenvalue weighted by molar-refractivity contribution is -0.121. The van der Waals surface area contributed by atoms with E-state index in [1.54, 1.807) is 23.9 Å². The van der Waals surface area contributed by atoms with Gasteiger partial charge in [0.15, 0.2) is 5.82 Å². The Morgan fingerprint density at radius 1 is 1.29 bits per heavy atom. The molecule has 0 spiro atoms. The first-order chi connectivity index (χ1) is 9.97. The molecule has 1 N–H and O–H groups in total. The van der Waals surface area contributed by atoms with Crippen molar-refractivity contribution >= 4 is 29.4 Å². The van der Waals surface area contributed by atoms with Crippen LogP contribution >= 0.6 is 11.6 Å². The summed E-state index contributed by atoms with van der Waals surface area (Å²) >= 11 is 5.64. The second-order valence-corrected chi connectivity index (χ2v) is 5.54. The van der Waals surface area contributed by atoms with Gasteiger partial charge in [-0.05, 0) is 12.8 Å². The third kappa shape index (κ3) is 4.04. The number of carbonyl (C=O) groups excluding carboxylic acids is 2. The molecule has 3 amide bonds. The molecule has 0 atom stereocenters. The molecular formula is C13H18ClN5O2. The molecule has 1 aliphatic heterocycles. The number of anilines is 1. The van der Waals surface area contributed by atoms with Crippen LogP contribution in [0.1, 0.15) is 12.8 Å². The van der Waals surface area contributed by atoms with Crippen LogP contribution in [-0.4, -0.2) is 58.9 Å².